The SMILES string of the molecule is Cc1c[nH]c(NCC(NC(=O)O)C(C)C)c1. The van der Waals surface area contributed by atoms with E-state index in [2.05, 4.69) is 15.6 Å². The second-order valence-electron chi connectivity index (χ2n) is 4.27. The van der Waals surface area contributed by atoms with E-state index >= 15 is 0 Å². The van der Waals surface area contributed by atoms with E-state index < -0.39 is 6.09 Å². The predicted molar refractivity (Wildman–Crippen MR) is 63.8 cm³/mol. The second-order valence-corrected chi connectivity index (χ2v) is 4.27. The first-order valence-corrected chi connectivity index (χ1v) is 5.37. The molecule has 0 radical (unpaired) electrons. The van der Waals surface area contributed by atoms with Crippen LogP contribution >= 0.6 is 0 Å². The highest BCUT2D eigenvalue weighted by Crippen LogP contribution is 2.08. The fourth-order valence-corrected chi connectivity index (χ4v) is 1.44. The van der Waals surface area contributed by atoms with Crippen LogP contribution < -0.4 is 10.6 Å². The normalized spacial score (nSPS) is 12.5. The van der Waals surface area contributed by atoms with E-state index in [1.54, 1.807) is 0 Å². The minimum Gasteiger partial charge on any atom is -0.465 e. The van der Waals surface area contributed by atoms with Crippen molar-refractivity contribution in [3.8, 4) is 0 Å². The molecule has 0 saturated heterocycles. The molecule has 16 heavy (non-hydrogen) atoms. The van der Waals surface area contributed by atoms with Crippen molar-refractivity contribution in [2.75, 3.05) is 11.9 Å². The molecule has 0 aliphatic carbocycles. The number of aromatic amines is 1. The van der Waals surface area contributed by atoms with Gasteiger partial charge in [0.2, 0.25) is 0 Å². The summed E-state index contributed by atoms with van der Waals surface area (Å²) in [6, 6.07) is 1.89. The molecule has 1 rings (SSSR count). The molecule has 1 amide bonds. The van der Waals surface area contributed by atoms with Gasteiger partial charge in [0.15, 0.2) is 0 Å². The third-order valence-corrected chi connectivity index (χ3v) is 2.45. The maximum atomic E-state index is 10.6. The third kappa shape index (κ3) is 3.84. The predicted octanol–water partition coefficient (Wildman–Crippen LogP) is 2.03. The van der Waals surface area contributed by atoms with Gasteiger partial charge >= 0.3 is 6.09 Å². The Hall–Kier alpha value is -1.65. The summed E-state index contributed by atoms with van der Waals surface area (Å²) in [5.74, 6) is 1.16. The van der Waals surface area contributed by atoms with Crippen LogP contribution in [0, 0.1) is 12.8 Å². The van der Waals surface area contributed by atoms with Gasteiger partial charge in [-0.05, 0) is 24.5 Å². The van der Waals surface area contributed by atoms with Crippen LogP contribution in [0.3, 0.4) is 0 Å². The number of carbonyl (C=O) groups is 1. The summed E-state index contributed by atoms with van der Waals surface area (Å²) in [6.45, 7) is 6.55. The van der Waals surface area contributed by atoms with Gasteiger partial charge in [-0.15, -0.1) is 0 Å². The van der Waals surface area contributed by atoms with Crippen LogP contribution in [0.2, 0.25) is 0 Å². The van der Waals surface area contributed by atoms with Crippen LogP contribution in [-0.2, 0) is 0 Å². The van der Waals surface area contributed by atoms with Crippen LogP contribution in [0.5, 0.6) is 0 Å². The maximum absolute atomic E-state index is 10.6. The number of rotatable bonds is 5. The first-order chi connectivity index (χ1) is 7.49. The molecule has 1 aromatic rings. The zero-order valence-electron chi connectivity index (χ0n) is 9.87. The summed E-state index contributed by atoms with van der Waals surface area (Å²) < 4.78 is 0. The molecule has 1 unspecified atom stereocenters. The molecule has 4 N–H and O–H groups in total. The third-order valence-electron chi connectivity index (χ3n) is 2.45. The summed E-state index contributed by atoms with van der Waals surface area (Å²) >= 11 is 0. The van der Waals surface area contributed by atoms with E-state index in [0.29, 0.717) is 6.54 Å². The average molecular weight is 225 g/mol. The van der Waals surface area contributed by atoms with Gasteiger partial charge in [0.1, 0.15) is 5.82 Å². The second kappa shape index (κ2) is 5.44. The Kier molecular flexibility index (Phi) is 4.22. The molecule has 0 aliphatic rings. The van der Waals surface area contributed by atoms with E-state index in [4.69, 9.17) is 5.11 Å². The summed E-state index contributed by atoms with van der Waals surface area (Å²) in [5, 5.41) is 14.4. The van der Waals surface area contributed by atoms with Crippen LogP contribution in [0.15, 0.2) is 12.3 Å². The van der Waals surface area contributed by atoms with Gasteiger partial charge in [0.25, 0.3) is 0 Å². The van der Waals surface area contributed by atoms with Gasteiger partial charge in [-0.3, -0.25) is 0 Å². The average Bonchev–Trinajstić information content (AvgIpc) is 2.58. The molecule has 1 heterocycles. The molecule has 0 bridgehead atoms. The smallest absolute Gasteiger partial charge is 0.404 e. The van der Waals surface area contributed by atoms with Crippen LogP contribution in [0.1, 0.15) is 19.4 Å². The number of carboxylic acid groups (broad SMARTS) is 1. The molecule has 1 aromatic heterocycles. The van der Waals surface area contributed by atoms with Gasteiger partial charge < -0.3 is 20.7 Å². The van der Waals surface area contributed by atoms with Crippen LogP contribution in [-0.4, -0.2) is 28.8 Å². The number of H-pyrrole nitrogens is 1. The summed E-state index contributed by atoms with van der Waals surface area (Å²) in [6.07, 6.45) is 0.917. The molecule has 5 heteroatoms. The fraction of sp³-hybridized carbons (Fsp3) is 0.545. The van der Waals surface area contributed by atoms with Crippen molar-refractivity contribution in [3.63, 3.8) is 0 Å². The lowest BCUT2D eigenvalue weighted by atomic mass is 10.0. The number of nitrogens with one attached hydrogen (secondary N) is 3. The van der Waals surface area contributed by atoms with Crippen molar-refractivity contribution < 1.29 is 9.90 Å². The van der Waals surface area contributed by atoms with Crippen molar-refractivity contribution in [1.29, 1.82) is 0 Å². The van der Waals surface area contributed by atoms with E-state index in [1.165, 1.54) is 0 Å². The topological polar surface area (TPSA) is 77.2 Å². The number of hydrogen-bond acceptors (Lipinski definition) is 2. The zero-order valence-corrected chi connectivity index (χ0v) is 9.87. The van der Waals surface area contributed by atoms with Crippen molar-refractivity contribution in [3.05, 3.63) is 17.8 Å². The van der Waals surface area contributed by atoms with E-state index in [0.717, 1.165) is 11.4 Å². The van der Waals surface area contributed by atoms with Gasteiger partial charge in [-0.25, -0.2) is 4.79 Å². The lowest BCUT2D eigenvalue weighted by Gasteiger charge is -2.21. The Morgan fingerprint density at radius 2 is 2.25 bits per heavy atom. The van der Waals surface area contributed by atoms with Crippen molar-refractivity contribution >= 4 is 11.9 Å². The Morgan fingerprint density at radius 1 is 1.56 bits per heavy atom. The molecule has 0 saturated carbocycles. The van der Waals surface area contributed by atoms with Crippen molar-refractivity contribution in [2.45, 2.75) is 26.8 Å². The summed E-state index contributed by atoms with van der Waals surface area (Å²) in [7, 11) is 0. The van der Waals surface area contributed by atoms with Gasteiger partial charge in [0, 0.05) is 12.7 Å². The Bertz CT molecular complexity index is 347. The highest BCUT2D eigenvalue weighted by Gasteiger charge is 2.15. The molecule has 5 nitrogen and oxygen atoms in total. The monoisotopic (exact) mass is 225 g/mol. The van der Waals surface area contributed by atoms with Gasteiger partial charge in [0.05, 0.1) is 6.04 Å². The largest absolute Gasteiger partial charge is 0.465 e. The number of aromatic nitrogens is 1. The molecule has 0 spiro atoms. The molecule has 0 aromatic carbocycles. The number of amides is 1. The molecule has 0 aliphatic heterocycles. The van der Waals surface area contributed by atoms with Gasteiger partial charge in [-0.1, -0.05) is 13.8 Å². The summed E-state index contributed by atoms with van der Waals surface area (Å²) in [4.78, 5) is 13.6. The Balaban J connectivity index is 2.46. The molecule has 90 valence electrons. The minimum atomic E-state index is -0.983. The lowest BCUT2D eigenvalue weighted by Crippen LogP contribution is -2.42. The Labute approximate surface area is 95.3 Å². The quantitative estimate of drug-likeness (QED) is 0.619. The van der Waals surface area contributed by atoms with Crippen molar-refractivity contribution in [2.24, 2.45) is 5.92 Å². The molecular weight excluding hydrogens is 206 g/mol. The minimum absolute atomic E-state index is 0.0962. The fourth-order valence-electron chi connectivity index (χ4n) is 1.44. The summed E-state index contributed by atoms with van der Waals surface area (Å²) in [5.41, 5.74) is 1.15. The highest BCUT2D eigenvalue weighted by atomic mass is 16.4. The van der Waals surface area contributed by atoms with Crippen LogP contribution in [0.25, 0.3) is 0 Å². The maximum Gasteiger partial charge on any atom is 0.404 e. The highest BCUT2D eigenvalue weighted by molar-refractivity contribution is 5.65. The van der Waals surface area contributed by atoms with Crippen LogP contribution in [0.4, 0.5) is 10.6 Å². The number of aryl methyl sites for hydroxylation is 1. The first kappa shape index (κ1) is 12.4. The standard InChI is InChI=1S/C11H19N3O2/c1-7(2)9(14-11(15)16)6-13-10-4-8(3)5-12-10/h4-5,7,9,12-14H,6H2,1-3H3,(H,15,16). The zero-order chi connectivity index (χ0) is 12.1. The van der Waals surface area contributed by atoms with E-state index in [9.17, 15) is 4.79 Å². The van der Waals surface area contributed by atoms with Gasteiger partial charge in [-0.2, -0.15) is 0 Å². The first-order valence-electron chi connectivity index (χ1n) is 5.37. The van der Waals surface area contributed by atoms with E-state index in [1.807, 2.05) is 33.0 Å². The van der Waals surface area contributed by atoms with Crippen molar-refractivity contribution in [1.82, 2.24) is 10.3 Å². The molecule has 1 atom stereocenters. The number of hydrogen-bond donors (Lipinski definition) is 4. The van der Waals surface area contributed by atoms with E-state index in [-0.39, 0.29) is 12.0 Å². The molecular formula is C11H19N3O2. The lowest BCUT2D eigenvalue weighted by molar-refractivity contribution is 0.187. The molecule has 0 fully saturated rings. The Morgan fingerprint density at radius 3 is 2.69 bits per heavy atom. The number of anilines is 1.